The van der Waals surface area contributed by atoms with E-state index in [2.05, 4.69) is 15.3 Å². The zero-order valence-electron chi connectivity index (χ0n) is 11.8. The first-order valence-corrected chi connectivity index (χ1v) is 6.95. The SMILES string of the molecule is CC(C)CC(=O)NC1=Nc2ccccc2C2=NCCN12. The smallest absolute Gasteiger partial charge is 0.226 e. The zero-order valence-corrected chi connectivity index (χ0v) is 11.8. The number of amides is 1. The highest BCUT2D eigenvalue weighted by molar-refractivity contribution is 6.17. The van der Waals surface area contributed by atoms with Crippen molar-refractivity contribution in [2.45, 2.75) is 20.3 Å². The minimum absolute atomic E-state index is 0.00406. The molecule has 0 spiro atoms. The number of rotatable bonds is 2. The van der Waals surface area contributed by atoms with Crippen molar-refractivity contribution >= 4 is 23.4 Å². The molecule has 1 aromatic carbocycles. The molecule has 0 saturated heterocycles. The van der Waals surface area contributed by atoms with Crippen LogP contribution >= 0.6 is 0 Å². The largest absolute Gasteiger partial charge is 0.296 e. The van der Waals surface area contributed by atoms with E-state index < -0.39 is 0 Å². The Morgan fingerprint density at radius 3 is 3.00 bits per heavy atom. The summed E-state index contributed by atoms with van der Waals surface area (Å²) in [4.78, 5) is 23.0. The second-order valence-corrected chi connectivity index (χ2v) is 5.46. The van der Waals surface area contributed by atoms with Gasteiger partial charge in [-0.05, 0) is 18.1 Å². The highest BCUT2D eigenvalue weighted by atomic mass is 16.1. The van der Waals surface area contributed by atoms with E-state index in [9.17, 15) is 4.79 Å². The molecule has 1 aromatic rings. The van der Waals surface area contributed by atoms with Gasteiger partial charge >= 0.3 is 0 Å². The highest BCUT2D eigenvalue weighted by Crippen LogP contribution is 2.27. The number of guanidine groups is 1. The van der Waals surface area contributed by atoms with Gasteiger partial charge in [0.05, 0.1) is 12.2 Å². The molecule has 2 aliphatic rings. The van der Waals surface area contributed by atoms with Crippen LogP contribution in [0.1, 0.15) is 25.8 Å². The second kappa shape index (κ2) is 5.07. The number of nitrogens with one attached hydrogen (secondary N) is 1. The monoisotopic (exact) mass is 270 g/mol. The van der Waals surface area contributed by atoms with E-state index in [1.54, 1.807) is 0 Å². The van der Waals surface area contributed by atoms with E-state index in [4.69, 9.17) is 0 Å². The minimum Gasteiger partial charge on any atom is -0.296 e. The van der Waals surface area contributed by atoms with Gasteiger partial charge in [-0.25, -0.2) is 4.99 Å². The lowest BCUT2D eigenvalue weighted by Gasteiger charge is -2.27. The van der Waals surface area contributed by atoms with Crippen LogP contribution in [0.3, 0.4) is 0 Å². The Hall–Kier alpha value is -2.17. The average Bonchev–Trinajstić information content (AvgIpc) is 2.87. The van der Waals surface area contributed by atoms with Crippen LogP contribution in [-0.4, -0.2) is 35.7 Å². The molecular formula is C15H18N4O. The predicted molar refractivity (Wildman–Crippen MR) is 79.2 cm³/mol. The van der Waals surface area contributed by atoms with Gasteiger partial charge in [-0.3, -0.25) is 20.0 Å². The zero-order chi connectivity index (χ0) is 14.1. The van der Waals surface area contributed by atoms with Crippen molar-refractivity contribution in [1.82, 2.24) is 10.2 Å². The summed E-state index contributed by atoms with van der Waals surface area (Å²) in [6, 6.07) is 7.89. The van der Waals surface area contributed by atoms with Gasteiger partial charge in [-0.1, -0.05) is 26.0 Å². The normalized spacial score (nSPS) is 16.4. The lowest BCUT2D eigenvalue weighted by molar-refractivity contribution is -0.120. The molecule has 0 unspecified atom stereocenters. The highest BCUT2D eigenvalue weighted by Gasteiger charge is 2.29. The summed E-state index contributed by atoms with van der Waals surface area (Å²) in [7, 11) is 0. The number of para-hydroxylation sites is 1. The number of carbonyl (C=O) groups excluding carboxylic acids is 1. The van der Waals surface area contributed by atoms with E-state index in [1.807, 2.05) is 43.0 Å². The minimum atomic E-state index is 0.00406. The molecule has 0 aromatic heterocycles. The van der Waals surface area contributed by atoms with Crippen molar-refractivity contribution < 1.29 is 4.79 Å². The molecule has 5 nitrogen and oxygen atoms in total. The Morgan fingerprint density at radius 2 is 2.20 bits per heavy atom. The molecule has 0 radical (unpaired) electrons. The quantitative estimate of drug-likeness (QED) is 0.892. The van der Waals surface area contributed by atoms with Crippen molar-refractivity contribution in [1.29, 1.82) is 0 Å². The predicted octanol–water partition coefficient (Wildman–Crippen LogP) is 1.91. The summed E-state index contributed by atoms with van der Waals surface area (Å²) in [6.45, 7) is 5.56. The van der Waals surface area contributed by atoms with Crippen LogP contribution in [0.25, 0.3) is 0 Å². The molecule has 2 heterocycles. The lowest BCUT2D eigenvalue weighted by atomic mass is 10.1. The van der Waals surface area contributed by atoms with Crippen molar-refractivity contribution in [2.75, 3.05) is 13.1 Å². The van der Waals surface area contributed by atoms with Crippen molar-refractivity contribution in [3.63, 3.8) is 0 Å². The summed E-state index contributed by atoms with van der Waals surface area (Å²) < 4.78 is 0. The lowest BCUT2D eigenvalue weighted by Crippen LogP contribution is -2.47. The molecule has 0 aliphatic carbocycles. The molecule has 0 bridgehead atoms. The van der Waals surface area contributed by atoms with Gasteiger partial charge in [0, 0.05) is 18.5 Å². The Kier molecular flexibility index (Phi) is 3.26. The summed E-state index contributed by atoms with van der Waals surface area (Å²) in [6.07, 6.45) is 0.501. The van der Waals surface area contributed by atoms with Gasteiger partial charge in [-0.15, -0.1) is 0 Å². The molecule has 104 valence electrons. The topological polar surface area (TPSA) is 57.1 Å². The Bertz CT molecular complexity index is 604. The maximum atomic E-state index is 12.0. The van der Waals surface area contributed by atoms with E-state index in [0.717, 1.165) is 30.2 Å². The van der Waals surface area contributed by atoms with Crippen LogP contribution in [0.2, 0.25) is 0 Å². The first-order chi connectivity index (χ1) is 9.65. The number of fused-ring (bicyclic) bond motifs is 3. The van der Waals surface area contributed by atoms with Gasteiger partial charge < -0.3 is 0 Å². The van der Waals surface area contributed by atoms with Crippen molar-refractivity contribution in [3.8, 4) is 0 Å². The van der Waals surface area contributed by atoms with Gasteiger partial charge in [0.2, 0.25) is 11.9 Å². The van der Waals surface area contributed by atoms with E-state index in [-0.39, 0.29) is 5.91 Å². The van der Waals surface area contributed by atoms with Gasteiger partial charge in [0.25, 0.3) is 0 Å². The maximum Gasteiger partial charge on any atom is 0.226 e. The van der Waals surface area contributed by atoms with Gasteiger partial charge in [0.15, 0.2) is 0 Å². The molecule has 1 amide bonds. The van der Waals surface area contributed by atoms with Crippen LogP contribution in [0.15, 0.2) is 34.3 Å². The van der Waals surface area contributed by atoms with E-state index in [1.165, 1.54) is 0 Å². The Labute approximate surface area is 118 Å². The van der Waals surface area contributed by atoms with Crippen LogP contribution in [0, 0.1) is 5.92 Å². The molecule has 20 heavy (non-hydrogen) atoms. The molecule has 3 rings (SSSR count). The summed E-state index contributed by atoms with van der Waals surface area (Å²) in [5, 5.41) is 2.92. The molecular weight excluding hydrogens is 252 g/mol. The third kappa shape index (κ3) is 2.31. The fourth-order valence-electron chi connectivity index (χ4n) is 2.46. The maximum absolute atomic E-state index is 12.0. The number of benzene rings is 1. The van der Waals surface area contributed by atoms with E-state index in [0.29, 0.717) is 18.3 Å². The number of nitrogens with zero attached hydrogens (tertiary/aromatic N) is 3. The standard InChI is InChI=1S/C15H18N4O/c1-10(2)9-13(20)18-15-17-12-6-4-3-5-11(12)14-16-7-8-19(14)15/h3-6,10H,7-9H2,1-2H3,(H,17,18,20). The first kappa shape index (κ1) is 12.8. The number of amidine groups is 1. The molecule has 0 saturated carbocycles. The van der Waals surface area contributed by atoms with Crippen LogP contribution in [0.5, 0.6) is 0 Å². The summed E-state index contributed by atoms with van der Waals surface area (Å²) in [5.74, 6) is 1.85. The molecule has 5 heteroatoms. The molecule has 2 aliphatic heterocycles. The van der Waals surface area contributed by atoms with Crippen molar-refractivity contribution in [2.24, 2.45) is 15.9 Å². The number of hydrogen-bond acceptors (Lipinski definition) is 4. The Balaban J connectivity index is 1.90. The number of aliphatic imine (C=N–C) groups is 2. The fourth-order valence-corrected chi connectivity index (χ4v) is 2.46. The number of carbonyl (C=O) groups is 1. The van der Waals surface area contributed by atoms with Crippen LogP contribution in [0.4, 0.5) is 5.69 Å². The number of hydrogen-bond donors (Lipinski definition) is 1. The van der Waals surface area contributed by atoms with Gasteiger partial charge in [0.1, 0.15) is 5.84 Å². The third-order valence-corrected chi connectivity index (χ3v) is 3.31. The molecule has 0 fully saturated rings. The third-order valence-electron chi connectivity index (χ3n) is 3.31. The molecule has 0 atom stereocenters. The summed E-state index contributed by atoms with van der Waals surface area (Å²) >= 11 is 0. The van der Waals surface area contributed by atoms with Crippen LogP contribution < -0.4 is 5.32 Å². The first-order valence-electron chi connectivity index (χ1n) is 6.95. The fraction of sp³-hybridized carbons (Fsp3) is 0.400. The molecule has 1 N–H and O–H groups in total. The van der Waals surface area contributed by atoms with E-state index >= 15 is 0 Å². The van der Waals surface area contributed by atoms with Crippen molar-refractivity contribution in [3.05, 3.63) is 29.8 Å². The van der Waals surface area contributed by atoms with Gasteiger partial charge in [-0.2, -0.15) is 0 Å². The second-order valence-electron chi connectivity index (χ2n) is 5.46. The average molecular weight is 270 g/mol. The van der Waals surface area contributed by atoms with Crippen LogP contribution in [-0.2, 0) is 4.79 Å². The summed E-state index contributed by atoms with van der Waals surface area (Å²) in [5.41, 5.74) is 1.90. The Morgan fingerprint density at radius 1 is 1.40 bits per heavy atom.